The molecule has 0 aliphatic rings. The van der Waals surface area contributed by atoms with Crippen molar-refractivity contribution in [2.45, 2.75) is 39.2 Å². The van der Waals surface area contributed by atoms with Crippen molar-refractivity contribution >= 4 is 0 Å². The van der Waals surface area contributed by atoms with E-state index in [0.717, 1.165) is 6.92 Å². The first-order chi connectivity index (χ1) is 6.86. The lowest BCUT2D eigenvalue weighted by Gasteiger charge is -2.13. The Bertz CT molecular complexity index is 348. The highest BCUT2D eigenvalue weighted by molar-refractivity contribution is 5.24. The monoisotopic (exact) mass is 216 g/mol. The van der Waals surface area contributed by atoms with Crippen LogP contribution in [0.15, 0.2) is 6.07 Å². The molecule has 1 heterocycles. The van der Waals surface area contributed by atoms with Gasteiger partial charge in [-0.05, 0) is 12.0 Å². The van der Waals surface area contributed by atoms with Gasteiger partial charge in [0.25, 0.3) is 5.92 Å². The van der Waals surface area contributed by atoms with E-state index in [0.29, 0.717) is 11.3 Å². The van der Waals surface area contributed by atoms with Gasteiger partial charge in [-0.1, -0.05) is 13.8 Å². The summed E-state index contributed by atoms with van der Waals surface area (Å²) >= 11 is 0. The Balaban J connectivity index is 3.19. The highest BCUT2D eigenvalue weighted by Crippen LogP contribution is 2.27. The summed E-state index contributed by atoms with van der Waals surface area (Å²) in [7, 11) is 0. The van der Waals surface area contributed by atoms with Crippen LogP contribution in [0.2, 0.25) is 0 Å². The van der Waals surface area contributed by atoms with Crippen LogP contribution >= 0.6 is 0 Å². The Morgan fingerprint density at radius 2 is 2.00 bits per heavy atom. The molecule has 15 heavy (non-hydrogen) atoms. The maximum atomic E-state index is 12.9. The highest BCUT2D eigenvalue weighted by atomic mass is 19.3. The molecule has 1 rings (SSSR count). The van der Waals surface area contributed by atoms with Gasteiger partial charge in [0.2, 0.25) is 0 Å². The van der Waals surface area contributed by atoms with Crippen LogP contribution in [-0.4, -0.2) is 15.3 Å². The molecule has 1 aromatic heterocycles. The number of aromatic nitrogens is 2. The van der Waals surface area contributed by atoms with Crippen molar-refractivity contribution in [2.24, 2.45) is 0 Å². The van der Waals surface area contributed by atoms with E-state index < -0.39 is 11.6 Å². The average Bonchev–Trinajstić information content (AvgIpc) is 2.15. The zero-order valence-electron chi connectivity index (χ0n) is 8.96. The van der Waals surface area contributed by atoms with E-state index in [1.54, 1.807) is 0 Å². The van der Waals surface area contributed by atoms with Crippen molar-refractivity contribution in [3.05, 3.63) is 23.0 Å². The van der Waals surface area contributed by atoms with E-state index in [1.807, 2.05) is 13.8 Å². The number of hydrogen-bond acceptors (Lipinski definition) is 3. The largest absolute Gasteiger partial charge is 0.392 e. The van der Waals surface area contributed by atoms with Gasteiger partial charge < -0.3 is 5.11 Å². The number of rotatable bonds is 3. The molecular weight excluding hydrogens is 202 g/mol. The SMILES string of the molecule is CC(C)c1nnc(C(C)(F)F)cc1CO. The summed E-state index contributed by atoms with van der Waals surface area (Å²) in [6.45, 7) is 4.19. The lowest BCUT2D eigenvalue weighted by Crippen LogP contribution is -2.14. The summed E-state index contributed by atoms with van der Waals surface area (Å²) in [5.74, 6) is -2.97. The smallest absolute Gasteiger partial charge is 0.288 e. The predicted octanol–water partition coefficient (Wildman–Crippen LogP) is 2.20. The Labute approximate surface area is 87.2 Å². The first-order valence-corrected chi connectivity index (χ1v) is 4.72. The van der Waals surface area contributed by atoms with Crippen molar-refractivity contribution in [1.82, 2.24) is 10.2 Å². The van der Waals surface area contributed by atoms with Gasteiger partial charge >= 0.3 is 0 Å². The van der Waals surface area contributed by atoms with E-state index in [9.17, 15) is 8.78 Å². The molecule has 84 valence electrons. The fourth-order valence-corrected chi connectivity index (χ4v) is 1.27. The van der Waals surface area contributed by atoms with Crippen LogP contribution in [0.1, 0.15) is 43.6 Å². The molecule has 1 aromatic rings. The van der Waals surface area contributed by atoms with Gasteiger partial charge in [-0.2, -0.15) is 13.9 Å². The molecule has 0 aliphatic carbocycles. The molecular formula is C10H14F2N2O. The molecule has 0 fully saturated rings. The van der Waals surface area contributed by atoms with Crippen molar-refractivity contribution in [2.75, 3.05) is 0 Å². The zero-order chi connectivity index (χ0) is 11.6. The third-order valence-electron chi connectivity index (χ3n) is 2.07. The highest BCUT2D eigenvalue weighted by Gasteiger charge is 2.28. The topological polar surface area (TPSA) is 46.0 Å². The van der Waals surface area contributed by atoms with Gasteiger partial charge in [0.15, 0.2) is 0 Å². The predicted molar refractivity (Wildman–Crippen MR) is 51.6 cm³/mol. The summed E-state index contributed by atoms with van der Waals surface area (Å²) in [5, 5.41) is 16.2. The molecule has 0 saturated carbocycles. The summed E-state index contributed by atoms with van der Waals surface area (Å²) in [6, 6.07) is 1.21. The minimum Gasteiger partial charge on any atom is -0.392 e. The van der Waals surface area contributed by atoms with Crippen molar-refractivity contribution in [3.63, 3.8) is 0 Å². The molecule has 0 amide bonds. The van der Waals surface area contributed by atoms with Crippen LogP contribution in [-0.2, 0) is 12.5 Å². The van der Waals surface area contributed by atoms with Gasteiger partial charge in [-0.25, -0.2) is 0 Å². The summed E-state index contributed by atoms with van der Waals surface area (Å²) in [4.78, 5) is 0. The average molecular weight is 216 g/mol. The van der Waals surface area contributed by atoms with Crippen molar-refractivity contribution in [3.8, 4) is 0 Å². The second-order valence-corrected chi connectivity index (χ2v) is 3.84. The number of alkyl halides is 2. The second kappa shape index (κ2) is 4.18. The second-order valence-electron chi connectivity index (χ2n) is 3.84. The molecule has 0 saturated heterocycles. The van der Waals surface area contributed by atoms with Gasteiger partial charge in [-0.3, -0.25) is 0 Å². The van der Waals surface area contributed by atoms with E-state index in [-0.39, 0.29) is 12.5 Å². The summed E-state index contributed by atoms with van der Waals surface area (Å²) in [6.07, 6.45) is 0. The van der Waals surface area contributed by atoms with Crippen molar-refractivity contribution < 1.29 is 13.9 Å². The Kier molecular flexibility index (Phi) is 3.34. The standard InChI is InChI=1S/C10H14F2N2O/c1-6(2)9-7(5-15)4-8(13-14-9)10(3,11)12/h4,6,15H,5H2,1-3H3. The first kappa shape index (κ1) is 12.0. The third-order valence-corrected chi connectivity index (χ3v) is 2.07. The van der Waals surface area contributed by atoms with E-state index in [4.69, 9.17) is 5.11 Å². The van der Waals surface area contributed by atoms with Crippen LogP contribution in [0.4, 0.5) is 8.78 Å². The quantitative estimate of drug-likeness (QED) is 0.842. The molecule has 0 unspecified atom stereocenters. The molecule has 1 N–H and O–H groups in total. The molecule has 3 nitrogen and oxygen atoms in total. The molecule has 0 spiro atoms. The number of nitrogens with zero attached hydrogens (tertiary/aromatic N) is 2. The van der Waals surface area contributed by atoms with Crippen LogP contribution in [0.5, 0.6) is 0 Å². The van der Waals surface area contributed by atoms with Gasteiger partial charge in [0, 0.05) is 12.5 Å². The number of aliphatic hydroxyl groups excluding tert-OH is 1. The molecule has 0 aliphatic heterocycles. The van der Waals surface area contributed by atoms with E-state index in [1.165, 1.54) is 6.07 Å². The first-order valence-electron chi connectivity index (χ1n) is 4.72. The van der Waals surface area contributed by atoms with Gasteiger partial charge in [0.05, 0.1) is 12.3 Å². The molecule has 0 radical (unpaired) electrons. The minimum absolute atomic E-state index is 0.0548. The van der Waals surface area contributed by atoms with Crippen LogP contribution in [0.25, 0.3) is 0 Å². The third kappa shape index (κ3) is 2.68. The number of aliphatic hydroxyl groups is 1. The number of halogens is 2. The fraction of sp³-hybridized carbons (Fsp3) is 0.600. The lowest BCUT2D eigenvalue weighted by atomic mass is 10.0. The maximum Gasteiger partial charge on any atom is 0.288 e. The molecule has 0 atom stereocenters. The minimum atomic E-state index is -3.02. The fourth-order valence-electron chi connectivity index (χ4n) is 1.27. The molecule has 0 aromatic carbocycles. The normalized spacial score (nSPS) is 12.2. The van der Waals surface area contributed by atoms with E-state index in [2.05, 4.69) is 10.2 Å². The Hall–Kier alpha value is -1.10. The Morgan fingerprint density at radius 1 is 1.40 bits per heavy atom. The van der Waals surface area contributed by atoms with Gasteiger partial charge in [-0.15, -0.1) is 5.10 Å². The van der Waals surface area contributed by atoms with Crippen LogP contribution in [0, 0.1) is 0 Å². The summed E-state index contributed by atoms with van der Waals surface area (Å²) < 4.78 is 25.8. The zero-order valence-corrected chi connectivity index (χ0v) is 8.96. The lowest BCUT2D eigenvalue weighted by molar-refractivity contribution is 0.0115. The van der Waals surface area contributed by atoms with Crippen LogP contribution < -0.4 is 0 Å². The van der Waals surface area contributed by atoms with Crippen LogP contribution in [0.3, 0.4) is 0 Å². The number of hydrogen-bond donors (Lipinski definition) is 1. The molecule has 5 heteroatoms. The van der Waals surface area contributed by atoms with Gasteiger partial charge in [0.1, 0.15) is 5.69 Å². The maximum absolute atomic E-state index is 12.9. The van der Waals surface area contributed by atoms with E-state index >= 15 is 0 Å². The Morgan fingerprint density at radius 3 is 2.40 bits per heavy atom. The molecule has 0 bridgehead atoms. The summed E-state index contributed by atoms with van der Waals surface area (Å²) in [5.41, 5.74) is 0.568. The van der Waals surface area contributed by atoms with Crippen molar-refractivity contribution in [1.29, 1.82) is 0 Å².